The van der Waals surface area contributed by atoms with Gasteiger partial charge in [-0.05, 0) is 19.9 Å². The zero-order valence-corrected chi connectivity index (χ0v) is 23.4. The molecule has 1 saturated carbocycles. The highest BCUT2D eigenvalue weighted by molar-refractivity contribution is 7.79. The summed E-state index contributed by atoms with van der Waals surface area (Å²) in [5.41, 5.74) is 24.0. The Kier molecular flexibility index (Phi) is 12.4. The Morgan fingerprint density at radius 3 is 1.95 bits per heavy atom. The first-order chi connectivity index (χ1) is 19.5. The molecule has 0 amide bonds. The lowest BCUT2D eigenvalue weighted by Gasteiger charge is -2.51. The molecule has 248 valence electrons. The largest absolute Gasteiger partial charge is 0.394 e. The second-order valence-electron chi connectivity index (χ2n) is 10.7. The maximum Gasteiger partial charge on any atom is 0.394 e. The van der Waals surface area contributed by atoms with Gasteiger partial charge in [0, 0.05) is 12.1 Å². The van der Waals surface area contributed by atoms with Gasteiger partial charge in [-0.15, -0.1) is 0 Å². The van der Waals surface area contributed by atoms with Gasteiger partial charge >= 0.3 is 10.4 Å². The maximum atomic E-state index is 11.1. The highest BCUT2D eigenvalue weighted by Crippen LogP contribution is 2.35. The van der Waals surface area contributed by atoms with E-state index in [-0.39, 0.29) is 12.8 Å². The fourth-order valence-electron chi connectivity index (χ4n) is 5.46. The number of hydrogen-bond donors (Lipinski definition) is 13. The first-order valence-corrected chi connectivity index (χ1v) is 14.6. The maximum absolute atomic E-state index is 11.1. The molecule has 0 aromatic heterocycles. The van der Waals surface area contributed by atoms with Crippen molar-refractivity contribution in [3.05, 3.63) is 0 Å². The number of likely N-dealkylation sites (N-methyl/N-ethyl adjacent to an activating group) is 1. The number of rotatable bonds is 6. The summed E-state index contributed by atoms with van der Waals surface area (Å²) < 4.78 is 60.8. The molecule has 0 bridgehead atoms. The van der Waals surface area contributed by atoms with Crippen LogP contribution in [0.2, 0.25) is 0 Å². The molecule has 42 heavy (non-hydrogen) atoms. The van der Waals surface area contributed by atoms with Gasteiger partial charge in [-0.25, -0.2) is 0 Å². The molecular formula is C21H43N5O15S. The van der Waals surface area contributed by atoms with Gasteiger partial charge in [-0.3, -0.25) is 9.11 Å². The molecule has 17 N–H and O–H groups in total. The van der Waals surface area contributed by atoms with Gasteiger partial charge in [0.25, 0.3) is 0 Å². The summed E-state index contributed by atoms with van der Waals surface area (Å²) in [6.45, 7) is -0.508. The molecule has 0 spiro atoms. The monoisotopic (exact) mass is 637 g/mol. The zero-order valence-electron chi connectivity index (χ0n) is 22.6. The highest BCUT2D eigenvalue weighted by Gasteiger charge is 2.54. The Morgan fingerprint density at radius 1 is 0.762 bits per heavy atom. The van der Waals surface area contributed by atoms with Crippen LogP contribution >= 0.6 is 0 Å². The van der Waals surface area contributed by atoms with Gasteiger partial charge < -0.3 is 82.6 Å². The van der Waals surface area contributed by atoms with Gasteiger partial charge in [-0.1, -0.05) is 0 Å². The molecule has 4 fully saturated rings. The van der Waals surface area contributed by atoms with Crippen LogP contribution in [0, 0.1) is 0 Å². The zero-order chi connectivity index (χ0) is 31.7. The molecule has 0 aromatic rings. The Balaban J connectivity index is 0.000000892. The Morgan fingerprint density at radius 2 is 1.38 bits per heavy atom. The average Bonchev–Trinajstić information content (AvgIpc) is 2.90. The third kappa shape index (κ3) is 8.28. The molecular weight excluding hydrogens is 594 g/mol. The van der Waals surface area contributed by atoms with Crippen molar-refractivity contribution < 1.29 is 71.8 Å². The van der Waals surface area contributed by atoms with Crippen LogP contribution in [0.3, 0.4) is 0 Å². The van der Waals surface area contributed by atoms with E-state index in [0.717, 1.165) is 0 Å². The number of hydrogen-bond acceptors (Lipinski definition) is 18. The van der Waals surface area contributed by atoms with E-state index in [4.69, 9.17) is 64.1 Å². The third-order valence-electron chi connectivity index (χ3n) is 7.74. The van der Waals surface area contributed by atoms with Crippen LogP contribution < -0.4 is 28.3 Å². The predicted octanol–water partition coefficient (Wildman–Crippen LogP) is -7.60. The van der Waals surface area contributed by atoms with Crippen molar-refractivity contribution in [2.45, 2.75) is 117 Å². The summed E-state index contributed by atoms with van der Waals surface area (Å²) in [5.74, 6) is 0. The summed E-state index contributed by atoms with van der Waals surface area (Å²) in [6, 6.07) is -4.05. The minimum Gasteiger partial charge on any atom is -0.394 e. The fourth-order valence-corrected chi connectivity index (χ4v) is 5.46. The Labute approximate surface area is 241 Å². The van der Waals surface area contributed by atoms with Gasteiger partial charge in [0.15, 0.2) is 18.9 Å². The molecule has 21 heteroatoms. The summed E-state index contributed by atoms with van der Waals surface area (Å²) in [6.07, 6.45) is -13.7. The van der Waals surface area contributed by atoms with Crippen molar-refractivity contribution >= 4 is 10.4 Å². The molecule has 17 atom stereocenters. The minimum atomic E-state index is -4.67. The molecule has 1 aliphatic carbocycles. The van der Waals surface area contributed by atoms with E-state index in [0.29, 0.717) is 0 Å². The van der Waals surface area contributed by atoms with Crippen LogP contribution in [0.25, 0.3) is 0 Å². The molecule has 3 aliphatic heterocycles. The van der Waals surface area contributed by atoms with E-state index in [1.165, 1.54) is 0 Å². The number of nitrogens with one attached hydrogen (secondary N) is 1. The molecule has 0 radical (unpaired) electrons. The van der Waals surface area contributed by atoms with E-state index in [1.807, 2.05) is 0 Å². The first kappa shape index (κ1) is 35.7. The van der Waals surface area contributed by atoms with Crippen LogP contribution in [-0.2, 0) is 34.1 Å². The first-order valence-electron chi connectivity index (χ1n) is 13.2. The number of nitrogens with two attached hydrogens (primary N) is 4. The molecule has 20 nitrogen and oxygen atoms in total. The van der Waals surface area contributed by atoms with Crippen LogP contribution in [-0.4, -0.2) is 166 Å². The van der Waals surface area contributed by atoms with Crippen LogP contribution in [0.4, 0.5) is 0 Å². The van der Waals surface area contributed by atoms with Crippen molar-refractivity contribution in [2.75, 3.05) is 13.7 Å². The van der Waals surface area contributed by atoms with Gasteiger partial charge in [-0.2, -0.15) is 8.42 Å². The second-order valence-corrected chi connectivity index (χ2v) is 11.6. The van der Waals surface area contributed by atoms with Crippen molar-refractivity contribution in [1.82, 2.24) is 5.32 Å². The quantitative estimate of drug-likeness (QED) is 0.120. The van der Waals surface area contributed by atoms with E-state index >= 15 is 0 Å². The van der Waals surface area contributed by atoms with E-state index in [1.54, 1.807) is 7.05 Å². The molecule has 0 unspecified atom stereocenters. The van der Waals surface area contributed by atoms with Gasteiger partial charge in [0.1, 0.15) is 42.7 Å². The lowest BCUT2D eigenvalue weighted by molar-refractivity contribution is -0.373. The summed E-state index contributed by atoms with van der Waals surface area (Å²) in [4.78, 5) is 0. The molecule has 3 saturated heterocycles. The minimum absolute atomic E-state index is 0.156. The highest BCUT2D eigenvalue weighted by atomic mass is 32.3. The van der Waals surface area contributed by atoms with Crippen molar-refractivity contribution in [3.63, 3.8) is 0 Å². The smallest absolute Gasteiger partial charge is 0.394 e. The lowest BCUT2D eigenvalue weighted by Crippen LogP contribution is -2.70. The summed E-state index contributed by atoms with van der Waals surface area (Å²) in [7, 11) is -3.11. The normalized spacial score (nSPS) is 49.9. The summed E-state index contributed by atoms with van der Waals surface area (Å²) in [5, 5.41) is 64.7. The van der Waals surface area contributed by atoms with Gasteiger partial charge in [0.05, 0.1) is 36.9 Å². The number of aliphatic hydroxyl groups excluding tert-OH is 6. The van der Waals surface area contributed by atoms with E-state index < -0.39 is 121 Å². The van der Waals surface area contributed by atoms with Crippen molar-refractivity contribution in [1.29, 1.82) is 0 Å². The number of ether oxygens (including phenoxy) is 5. The number of aliphatic hydroxyl groups is 6. The van der Waals surface area contributed by atoms with Crippen molar-refractivity contribution in [3.8, 4) is 0 Å². The van der Waals surface area contributed by atoms with E-state index in [9.17, 15) is 30.6 Å². The summed E-state index contributed by atoms with van der Waals surface area (Å²) >= 11 is 0. The van der Waals surface area contributed by atoms with Crippen LogP contribution in [0.15, 0.2) is 0 Å². The molecule has 4 rings (SSSR count). The topological polar surface area (TPSA) is 358 Å². The molecule has 4 aliphatic rings. The Hall–Kier alpha value is -0.770. The van der Waals surface area contributed by atoms with Crippen molar-refractivity contribution in [2.24, 2.45) is 22.9 Å². The fraction of sp³-hybridized carbons (Fsp3) is 1.00. The predicted molar refractivity (Wildman–Crippen MR) is 137 cm³/mol. The SMILES string of the molecule is CN[C@@H]1[C@@H](O[C@H]2O[C@H](CO)[C@@H](N)[C@H](O)[C@H]2O)O[C@H]2C[C@@H](N)[C@@H](O[C@H]3[C@H](O)[C@@H](O)[C@H](N)C[C@@H]3N)O[C@@H]2[C@@H]1O.O=S(=O)(O)O. The average molecular weight is 638 g/mol. The standard InChI is InChI=1S/C21H41N5O11.H2O4S/c1-26-11-14(30)18-8(33-20(11)37-21-16(32)13(29)10(25)9(4-27)34-21)3-7(24)19(36-18)35-17-6(23)2-5(22)12(28)15(17)31;1-5(2,3)4/h5-21,26-32H,2-4,22-25H2,1H3;(H2,1,2,3,4)/t5-,6+,7-,8+,9-,10-,11+,12+,13+,14-,15-,16-,17-,18+,19+,20-,21-;/m1./s1. The number of fused-ring (bicyclic) bond motifs is 1. The van der Waals surface area contributed by atoms with Crippen LogP contribution in [0.1, 0.15) is 12.8 Å². The third-order valence-corrected chi connectivity index (χ3v) is 7.74. The Bertz CT molecular complexity index is 960. The second kappa shape index (κ2) is 14.6. The van der Waals surface area contributed by atoms with E-state index in [2.05, 4.69) is 5.32 Å². The van der Waals surface area contributed by atoms with Gasteiger partial charge in [0.2, 0.25) is 0 Å². The molecule has 3 heterocycles. The lowest BCUT2D eigenvalue weighted by atomic mass is 9.84. The van der Waals surface area contributed by atoms with Crippen LogP contribution in [0.5, 0.6) is 0 Å². The molecule has 0 aromatic carbocycles.